The van der Waals surface area contributed by atoms with Gasteiger partial charge in [0.05, 0.1) is 23.9 Å². The van der Waals surface area contributed by atoms with Gasteiger partial charge in [0.2, 0.25) is 0 Å². The van der Waals surface area contributed by atoms with Crippen LogP contribution in [0.2, 0.25) is 18.1 Å². The average molecular weight is 595 g/mol. The maximum Gasteiger partial charge on any atom is 0.333 e. The molecule has 0 atom stereocenters. The Labute approximate surface area is 238 Å². The van der Waals surface area contributed by atoms with Crippen LogP contribution in [0.5, 0.6) is 0 Å². The molecule has 39 heavy (non-hydrogen) atoms. The molecule has 0 radical (unpaired) electrons. The van der Waals surface area contributed by atoms with E-state index in [1.807, 2.05) is 40.8 Å². The zero-order valence-corrected chi connectivity index (χ0v) is 27.4. The topological polar surface area (TPSA) is 141 Å². The minimum absolute atomic E-state index is 0.0300. The Hall–Kier alpha value is -2.30. The second kappa shape index (κ2) is 11.7. The maximum atomic E-state index is 13.5. The highest BCUT2D eigenvalue weighted by Crippen LogP contribution is 2.39. The number of nitrogens with one attached hydrogen (secondary N) is 2. The number of amides is 2. The summed E-state index contributed by atoms with van der Waals surface area (Å²) >= 11 is 0.809. The van der Waals surface area contributed by atoms with Crippen molar-refractivity contribution in [3.8, 4) is 6.07 Å². The molecule has 1 aromatic carbocycles. The highest BCUT2D eigenvalue weighted by atomic mass is 32.2. The van der Waals surface area contributed by atoms with E-state index in [1.165, 1.54) is 13.8 Å². The van der Waals surface area contributed by atoms with E-state index in [4.69, 9.17) is 4.43 Å². The van der Waals surface area contributed by atoms with Crippen LogP contribution in [-0.2, 0) is 26.7 Å². The lowest BCUT2D eigenvalue weighted by Crippen LogP contribution is -2.40. The first-order valence-corrected chi connectivity index (χ1v) is 18.1. The average Bonchev–Trinajstić information content (AvgIpc) is 3.22. The number of rotatable bonds is 9. The molecular formula is C27H42N4O5S2Si. The summed E-state index contributed by atoms with van der Waals surface area (Å²) < 4.78 is 35.1. The Morgan fingerprint density at radius 3 is 2.05 bits per heavy atom. The van der Waals surface area contributed by atoms with Gasteiger partial charge in [-0.3, -0.25) is 0 Å². The first kappa shape index (κ1) is 32.9. The van der Waals surface area contributed by atoms with Crippen LogP contribution in [-0.4, -0.2) is 32.9 Å². The third kappa shape index (κ3) is 7.89. The predicted molar refractivity (Wildman–Crippen MR) is 158 cm³/mol. The van der Waals surface area contributed by atoms with Gasteiger partial charge in [0.15, 0.2) is 12.5 Å². The largest absolute Gasteiger partial charge is 0.411 e. The van der Waals surface area contributed by atoms with Gasteiger partial charge in [-0.25, -0.2) is 22.9 Å². The molecule has 9 nitrogen and oxygen atoms in total. The summed E-state index contributed by atoms with van der Waals surface area (Å²) in [6.45, 7) is 21.0. The first-order valence-electron chi connectivity index (χ1n) is 12.9. The van der Waals surface area contributed by atoms with Gasteiger partial charge in [0.25, 0.3) is 10.0 Å². The number of thiazole rings is 1. The fourth-order valence-corrected chi connectivity index (χ4v) is 6.82. The fraction of sp³-hybridized carbons (Fsp3) is 0.593. The van der Waals surface area contributed by atoms with E-state index in [2.05, 4.69) is 41.9 Å². The Morgan fingerprint density at radius 1 is 1.13 bits per heavy atom. The van der Waals surface area contributed by atoms with E-state index in [0.717, 1.165) is 22.5 Å². The van der Waals surface area contributed by atoms with Gasteiger partial charge in [-0.2, -0.15) is 5.26 Å². The number of aliphatic hydroxyl groups is 1. The van der Waals surface area contributed by atoms with Crippen molar-refractivity contribution >= 4 is 41.4 Å². The molecule has 0 aliphatic carbocycles. The number of anilines is 1. The highest BCUT2D eigenvalue weighted by Gasteiger charge is 2.38. The molecule has 2 rings (SSSR count). The number of benzene rings is 1. The van der Waals surface area contributed by atoms with Gasteiger partial charge < -0.3 is 14.8 Å². The molecule has 0 spiro atoms. The van der Waals surface area contributed by atoms with Crippen LogP contribution in [0.1, 0.15) is 102 Å². The molecule has 0 bridgehead atoms. The third-order valence-electron chi connectivity index (χ3n) is 6.84. The minimum atomic E-state index is -4.37. The Kier molecular flexibility index (Phi) is 9.84. The van der Waals surface area contributed by atoms with Crippen LogP contribution >= 0.6 is 11.3 Å². The fourth-order valence-electron chi connectivity index (χ4n) is 3.48. The predicted octanol–water partition coefficient (Wildman–Crippen LogP) is 6.52. The normalized spacial score (nSPS) is 13.1. The van der Waals surface area contributed by atoms with Gasteiger partial charge in [0.1, 0.15) is 10.6 Å². The van der Waals surface area contributed by atoms with E-state index >= 15 is 0 Å². The standard InChI is InChI=1S/C27H42N4O5S2Si/c1-16(2)19-12-18(14-28)13-20(17(3)4)22(19)30-25(32)31-38(34,35)23-21(29-24(37-23)27(8,9)33)15-36-39(10,11)26(5,6)7/h12-13,16-17,33H,15H2,1-11H3,(H2,30,31,32). The molecular weight excluding hydrogens is 553 g/mol. The van der Waals surface area contributed by atoms with Crippen molar-refractivity contribution < 1.29 is 22.7 Å². The van der Waals surface area contributed by atoms with Crippen molar-refractivity contribution in [2.75, 3.05) is 5.32 Å². The molecule has 3 N–H and O–H groups in total. The zero-order chi connectivity index (χ0) is 30.1. The van der Waals surface area contributed by atoms with Gasteiger partial charge in [0, 0.05) is 5.69 Å². The van der Waals surface area contributed by atoms with Crippen LogP contribution in [0, 0.1) is 11.3 Å². The van der Waals surface area contributed by atoms with Crippen molar-refractivity contribution in [3.05, 3.63) is 39.5 Å². The van der Waals surface area contributed by atoms with E-state index in [0.29, 0.717) is 11.3 Å². The summed E-state index contributed by atoms with van der Waals surface area (Å²) in [5.74, 6) is -0.0599. The molecule has 216 valence electrons. The summed E-state index contributed by atoms with van der Waals surface area (Å²) in [5, 5.41) is 22.8. The lowest BCUT2D eigenvalue weighted by molar-refractivity contribution is 0.0779. The lowest BCUT2D eigenvalue weighted by atomic mass is 9.90. The quantitative estimate of drug-likeness (QED) is 0.281. The second-order valence-electron chi connectivity index (χ2n) is 12.4. The number of aromatic nitrogens is 1. The molecule has 0 saturated heterocycles. The second-order valence-corrected chi connectivity index (χ2v) is 20.1. The van der Waals surface area contributed by atoms with Crippen LogP contribution in [0.3, 0.4) is 0 Å². The van der Waals surface area contributed by atoms with Crippen LogP contribution in [0.25, 0.3) is 0 Å². The third-order valence-corrected chi connectivity index (χ3v) is 14.6. The molecule has 0 aliphatic rings. The molecule has 2 aromatic rings. The van der Waals surface area contributed by atoms with Crippen LogP contribution in [0.15, 0.2) is 16.3 Å². The Bertz CT molecular complexity index is 1330. The van der Waals surface area contributed by atoms with Crippen molar-refractivity contribution in [1.29, 1.82) is 5.26 Å². The first-order chi connectivity index (χ1) is 17.6. The monoisotopic (exact) mass is 594 g/mol. The van der Waals surface area contributed by atoms with E-state index in [1.54, 1.807) is 12.1 Å². The van der Waals surface area contributed by atoms with Gasteiger partial charge in [-0.05, 0) is 67.1 Å². The summed E-state index contributed by atoms with van der Waals surface area (Å²) in [6.07, 6.45) is 0. The Balaban J connectivity index is 2.47. The summed E-state index contributed by atoms with van der Waals surface area (Å²) in [6, 6.07) is 4.63. The van der Waals surface area contributed by atoms with Crippen molar-refractivity contribution in [2.24, 2.45) is 0 Å². The molecule has 1 aromatic heterocycles. The number of sulfonamides is 1. The van der Waals surface area contributed by atoms with E-state index < -0.39 is 30.0 Å². The summed E-state index contributed by atoms with van der Waals surface area (Å²) in [5.41, 5.74) is 1.18. The van der Waals surface area contributed by atoms with Gasteiger partial charge >= 0.3 is 6.03 Å². The number of urea groups is 1. The van der Waals surface area contributed by atoms with Crippen molar-refractivity contribution in [3.63, 3.8) is 0 Å². The summed E-state index contributed by atoms with van der Waals surface area (Å²) in [4.78, 5) is 17.5. The van der Waals surface area contributed by atoms with Gasteiger partial charge in [-0.15, -0.1) is 11.3 Å². The smallest absolute Gasteiger partial charge is 0.333 e. The molecule has 1 heterocycles. The molecule has 2 amide bonds. The number of nitrogens with zero attached hydrogens (tertiary/aromatic N) is 2. The Morgan fingerprint density at radius 2 is 1.64 bits per heavy atom. The number of nitriles is 1. The lowest BCUT2D eigenvalue weighted by Gasteiger charge is -2.36. The SMILES string of the molecule is CC(C)c1cc(C#N)cc(C(C)C)c1NC(=O)NS(=O)(=O)c1sc(C(C)(C)O)nc1CO[Si](C)(C)C(C)(C)C. The molecule has 0 aliphatic heterocycles. The number of carbonyl (C=O) groups is 1. The van der Waals surface area contributed by atoms with Crippen LogP contribution < -0.4 is 10.0 Å². The van der Waals surface area contributed by atoms with E-state index in [-0.39, 0.29) is 38.4 Å². The summed E-state index contributed by atoms with van der Waals surface area (Å²) in [7, 11) is -6.61. The van der Waals surface area contributed by atoms with E-state index in [9.17, 15) is 23.6 Å². The molecule has 0 saturated carbocycles. The van der Waals surface area contributed by atoms with Gasteiger partial charge in [-0.1, -0.05) is 48.5 Å². The maximum absolute atomic E-state index is 13.5. The van der Waals surface area contributed by atoms with Crippen molar-refractivity contribution in [2.45, 2.75) is 109 Å². The minimum Gasteiger partial charge on any atom is -0.411 e. The zero-order valence-electron chi connectivity index (χ0n) is 24.8. The number of carbonyl (C=O) groups excluding carboxylic acids is 1. The molecule has 0 unspecified atom stereocenters. The highest BCUT2D eigenvalue weighted by molar-refractivity contribution is 7.92. The number of hydrogen-bond donors (Lipinski definition) is 3. The number of hydrogen-bond acceptors (Lipinski definition) is 8. The van der Waals surface area contributed by atoms with Crippen LogP contribution in [0.4, 0.5) is 10.5 Å². The molecule has 0 fully saturated rings. The van der Waals surface area contributed by atoms with Crippen molar-refractivity contribution in [1.82, 2.24) is 9.71 Å². The molecule has 12 heteroatoms.